The van der Waals surface area contributed by atoms with E-state index in [1.54, 1.807) is 30.3 Å². The summed E-state index contributed by atoms with van der Waals surface area (Å²) in [6.45, 7) is 5.63. The van der Waals surface area contributed by atoms with Crippen LogP contribution in [0.2, 0.25) is 0 Å². The number of rotatable bonds is 5. The Hall–Kier alpha value is -2.09. The molecule has 0 aliphatic heterocycles. The number of anilines is 2. The van der Waals surface area contributed by atoms with Gasteiger partial charge in [-0.15, -0.1) is 12.4 Å². The number of benzene rings is 2. The average molecular weight is 398 g/mol. The van der Waals surface area contributed by atoms with Gasteiger partial charge in [-0.05, 0) is 41.8 Å². The predicted molar refractivity (Wildman–Crippen MR) is 107 cm³/mol. The van der Waals surface area contributed by atoms with E-state index >= 15 is 0 Å². The molecule has 0 saturated carbocycles. The van der Waals surface area contributed by atoms with Gasteiger partial charge in [-0.2, -0.15) is 0 Å². The van der Waals surface area contributed by atoms with Crippen LogP contribution in [0.1, 0.15) is 20.8 Å². The second-order valence-electron chi connectivity index (χ2n) is 6.83. The fourth-order valence-electron chi connectivity index (χ4n) is 2.05. The van der Waals surface area contributed by atoms with Gasteiger partial charge in [-0.1, -0.05) is 39.0 Å². The minimum atomic E-state index is -3.69. The highest BCUT2D eigenvalue weighted by molar-refractivity contribution is 7.92. The smallest absolute Gasteiger partial charge is 0.261 e. The lowest BCUT2D eigenvalue weighted by Crippen LogP contribution is -2.45. The molecule has 0 spiro atoms. The summed E-state index contributed by atoms with van der Waals surface area (Å²) >= 11 is 0. The minimum Gasteiger partial charge on any atom is -0.325 e. The van der Waals surface area contributed by atoms with Crippen LogP contribution in [0.5, 0.6) is 0 Å². The number of carbonyl (C=O) groups excluding carboxylic acids is 1. The van der Waals surface area contributed by atoms with E-state index in [-0.39, 0.29) is 28.6 Å². The Balaban J connectivity index is 0.00000338. The second-order valence-corrected chi connectivity index (χ2v) is 8.51. The zero-order chi connectivity index (χ0) is 18.7. The van der Waals surface area contributed by atoms with Crippen molar-refractivity contribution in [3.05, 3.63) is 54.6 Å². The fourth-order valence-corrected chi connectivity index (χ4v) is 3.11. The molecule has 1 atom stereocenters. The van der Waals surface area contributed by atoms with Gasteiger partial charge in [0, 0.05) is 11.4 Å². The Bertz CT molecular complexity index is 832. The third-order valence-corrected chi connectivity index (χ3v) is 5.07. The SMILES string of the molecule is CC(C)(C)[C@H](N)C(=O)Nc1ccc(S(=O)(=O)Nc2ccccc2)cc1.Cl. The first-order valence-corrected chi connectivity index (χ1v) is 9.32. The summed E-state index contributed by atoms with van der Waals surface area (Å²) in [5.74, 6) is -0.314. The summed E-state index contributed by atoms with van der Waals surface area (Å²) in [6, 6.07) is 13.9. The lowest BCUT2D eigenvalue weighted by molar-refractivity contribution is -0.119. The molecule has 142 valence electrons. The number of nitrogens with two attached hydrogens (primary N) is 1. The maximum Gasteiger partial charge on any atom is 0.261 e. The summed E-state index contributed by atoms with van der Waals surface area (Å²) in [6.07, 6.45) is 0. The highest BCUT2D eigenvalue weighted by Gasteiger charge is 2.27. The van der Waals surface area contributed by atoms with Gasteiger partial charge >= 0.3 is 0 Å². The van der Waals surface area contributed by atoms with Crippen LogP contribution < -0.4 is 15.8 Å². The van der Waals surface area contributed by atoms with Crippen molar-refractivity contribution < 1.29 is 13.2 Å². The molecule has 2 rings (SSSR count). The maximum atomic E-state index is 12.4. The summed E-state index contributed by atoms with van der Waals surface area (Å²) < 4.78 is 27.2. The van der Waals surface area contributed by atoms with Gasteiger partial charge in [0.1, 0.15) is 0 Å². The topological polar surface area (TPSA) is 101 Å². The van der Waals surface area contributed by atoms with Crippen LogP contribution in [0.4, 0.5) is 11.4 Å². The van der Waals surface area contributed by atoms with Crippen molar-refractivity contribution in [2.24, 2.45) is 11.1 Å². The van der Waals surface area contributed by atoms with Crippen molar-refractivity contribution in [3.63, 3.8) is 0 Å². The molecule has 0 aliphatic rings. The Morgan fingerprint density at radius 2 is 1.50 bits per heavy atom. The average Bonchev–Trinajstić information content (AvgIpc) is 2.54. The Morgan fingerprint density at radius 3 is 2.00 bits per heavy atom. The summed E-state index contributed by atoms with van der Waals surface area (Å²) in [5.41, 5.74) is 6.51. The summed E-state index contributed by atoms with van der Waals surface area (Å²) in [4.78, 5) is 12.2. The van der Waals surface area contributed by atoms with Crippen LogP contribution in [0, 0.1) is 5.41 Å². The first-order valence-electron chi connectivity index (χ1n) is 7.84. The third kappa shape index (κ3) is 5.72. The Labute approximate surface area is 160 Å². The summed E-state index contributed by atoms with van der Waals surface area (Å²) in [7, 11) is -3.69. The molecule has 0 aliphatic carbocycles. The molecule has 1 amide bonds. The summed E-state index contributed by atoms with van der Waals surface area (Å²) in [5, 5.41) is 2.70. The molecule has 0 bridgehead atoms. The van der Waals surface area contributed by atoms with Crippen LogP contribution in [0.15, 0.2) is 59.5 Å². The quantitative estimate of drug-likeness (QED) is 0.720. The van der Waals surface area contributed by atoms with Gasteiger partial charge in [0.05, 0.1) is 10.9 Å². The van der Waals surface area contributed by atoms with Crippen molar-refractivity contribution in [2.45, 2.75) is 31.7 Å². The van der Waals surface area contributed by atoms with Crippen molar-refractivity contribution in [3.8, 4) is 0 Å². The van der Waals surface area contributed by atoms with Crippen LogP contribution in [-0.4, -0.2) is 20.4 Å². The number of hydrogen-bond donors (Lipinski definition) is 3. The molecule has 4 N–H and O–H groups in total. The van der Waals surface area contributed by atoms with Gasteiger partial charge < -0.3 is 11.1 Å². The van der Waals surface area contributed by atoms with Crippen LogP contribution in [0.25, 0.3) is 0 Å². The molecule has 0 radical (unpaired) electrons. The van der Waals surface area contributed by atoms with E-state index in [4.69, 9.17) is 5.73 Å². The van der Waals surface area contributed by atoms with Crippen molar-refractivity contribution in [1.82, 2.24) is 0 Å². The molecule has 0 heterocycles. The van der Waals surface area contributed by atoms with Gasteiger partial charge in [-0.25, -0.2) is 8.42 Å². The molecule has 26 heavy (non-hydrogen) atoms. The lowest BCUT2D eigenvalue weighted by Gasteiger charge is -2.25. The molecule has 0 fully saturated rings. The number of nitrogens with one attached hydrogen (secondary N) is 2. The monoisotopic (exact) mass is 397 g/mol. The van der Waals surface area contributed by atoms with E-state index in [1.807, 2.05) is 20.8 Å². The fraction of sp³-hybridized carbons (Fsp3) is 0.278. The molecule has 0 aromatic heterocycles. The standard InChI is InChI=1S/C18H23N3O3S.ClH/c1-18(2,3)16(19)17(22)20-13-9-11-15(12-10-13)25(23,24)21-14-7-5-4-6-8-14;/h4-12,16,21H,19H2,1-3H3,(H,20,22);1H/t16-;/m1./s1. The van der Waals surface area contributed by atoms with Gasteiger partial charge in [0.25, 0.3) is 10.0 Å². The molecule has 2 aromatic carbocycles. The number of para-hydroxylation sites is 1. The molecular formula is C18H24ClN3O3S. The van der Waals surface area contributed by atoms with Crippen LogP contribution in [0.3, 0.4) is 0 Å². The second kappa shape index (κ2) is 8.53. The Kier molecular flexibility index (Phi) is 7.20. The van der Waals surface area contributed by atoms with Gasteiger partial charge in [0.2, 0.25) is 5.91 Å². The van der Waals surface area contributed by atoms with Crippen molar-refractivity contribution in [2.75, 3.05) is 10.0 Å². The number of hydrogen-bond acceptors (Lipinski definition) is 4. The van der Waals surface area contributed by atoms with Crippen molar-refractivity contribution >= 4 is 39.7 Å². The van der Waals surface area contributed by atoms with E-state index in [0.717, 1.165) is 0 Å². The van der Waals surface area contributed by atoms with E-state index < -0.39 is 16.1 Å². The number of halogens is 1. The molecule has 2 aromatic rings. The number of carbonyl (C=O) groups is 1. The van der Waals surface area contributed by atoms with Crippen molar-refractivity contribution in [1.29, 1.82) is 0 Å². The lowest BCUT2D eigenvalue weighted by atomic mass is 9.87. The first-order chi connectivity index (χ1) is 11.6. The number of sulfonamides is 1. The minimum absolute atomic E-state index is 0. The van der Waals surface area contributed by atoms with Crippen LogP contribution >= 0.6 is 12.4 Å². The maximum absolute atomic E-state index is 12.4. The number of amides is 1. The predicted octanol–water partition coefficient (Wildman–Crippen LogP) is 3.22. The highest BCUT2D eigenvalue weighted by Crippen LogP contribution is 2.21. The van der Waals surface area contributed by atoms with E-state index in [0.29, 0.717) is 11.4 Å². The molecule has 0 unspecified atom stereocenters. The van der Waals surface area contributed by atoms with Gasteiger partial charge in [-0.3, -0.25) is 9.52 Å². The first kappa shape index (κ1) is 22.0. The van der Waals surface area contributed by atoms with E-state index in [9.17, 15) is 13.2 Å². The largest absolute Gasteiger partial charge is 0.325 e. The highest BCUT2D eigenvalue weighted by atomic mass is 35.5. The third-order valence-electron chi connectivity index (χ3n) is 3.67. The normalized spacial score (nSPS) is 12.6. The van der Waals surface area contributed by atoms with E-state index in [1.165, 1.54) is 24.3 Å². The molecule has 8 heteroatoms. The molecule has 0 saturated heterocycles. The Morgan fingerprint density at radius 1 is 0.962 bits per heavy atom. The zero-order valence-corrected chi connectivity index (χ0v) is 16.5. The zero-order valence-electron chi connectivity index (χ0n) is 14.9. The van der Waals surface area contributed by atoms with Crippen LogP contribution in [-0.2, 0) is 14.8 Å². The molecular weight excluding hydrogens is 374 g/mol. The van der Waals surface area contributed by atoms with Gasteiger partial charge in [0.15, 0.2) is 0 Å². The molecule has 6 nitrogen and oxygen atoms in total. The van der Waals surface area contributed by atoms with E-state index in [2.05, 4.69) is 10.0 Å².